The molecule has 0 saturated carbocycles. The summed E-state index contributed by atoms with van der Waals surface area (Å²) in [7, 11) is 0. The summed E-state index contributed by atoms with van der Waals surface area (Å²) in [4.78, 5) is 15.1. The highest BCUT2D eigenvalue weighted by molar-refractivity contribution is 5.69. The molecule has 0 amide bonds. The van der Waals surface area contributed by atoms with Crippen molar-refractivity contribution >= 4 is 23.3 Å². The SMILES string of the molecule is CCOC(=O)CCCNc1ccc(N)c(N)n1. The summed E-state index contributed by atoms with van der Waals surface area (Å²) in [5.41, 5.74) is 11.6. The first-order chi connectivity index (χ1) is 8.13. The number of hydrogen-bond acceptors (Lipinski definition) is 6. The van der Waals surface area contributed by atoms with E-state index in [2.05, 4.69) is 10.3 Å². The first-order valence-electron chi connectivity index (χ1n) is 5.55. The Kier molecular flexibility index (Phi) is 5.06. The van der Waals surface area contributed by atoms with Gasteiger partial charge >= 0.3 is 5.97 Å². The van der Waals surface area contributed by atoms with Crippen molar-refractivity contribution in [3.63, 3.8) is 0 Å². The molecule has 6 heteroatoms. The van der Waals surface area contributed by atoms with Crippen LogP contribution in [-0.4, -0.2) is 24.1 Å². The summed E-state index contributed by atoms with van der Waals surface area (Å²) in [5.74, 6) is 0.778. The summed E-state index contributed by atoms with van der Waals surface area (Å²) in [5, 5.41) is 3.06. The second-order valence-electron chi connectivity index (χ2n) is 3.51. The molecule has 5 N–H and O–H groups in total. The Morgan fingerprint density at radius 1 is 1.47 bits per heavy atom. The van der Waals surface area contributed by atoms with E-state index in [9.17, 15) is 4.79 Å². The first kappa shape index (κ1) is 13.1. The van der Waals surface area contributed by atoms with Crippen molar-refractivity contribution in [2.75, 3.05) is 29.9 Å². The fourth-order valence-corrected chi connectivity index (χ4v) is 1.27. The van der Waals surface area contributed by atoms with E-state index in [1.54, 1.807) is 19.1 Å². The minimum Gasteiger partial charge on any atom is -0.466 e. The number of pyridine rings is 1. The molecular weight excluding hydrogens is 220 g/mol. The predicted octanol–water partition coefficient (Wildman–Crippen LogP) is 1.00. The van der Waals surface area contributed by atoms with Gasteiger partial charge in [-0.25, -0.2) is 4.98 Å². The Morgan fingerprint density at radius 3 is 2.88 bits per heavy atom. The molecule has 0 saturated heterocycles. The molecule has 1 aromatic heterocycles. The van der Waals surface area contributed by atoms with Crippen LogP contribution in [0.1, 0.15) is 19.8 Å². The van der Waals surface area contributed by atoms with E-state index in [4.69, 9.17) is 16.2 Å². The van der Waals surface area contributed by atoms with Crippen molar-refractivity contribution < 1.29 is 9.53 Å². The van der Waals surface area contributed by atoms with Crippen LogP contribution >= 0.6 is 0 Å². The van der Waals surface area contributed by atoms with Crippen LogP contribution in [0.15, 0.2) is 12.1 Å². The Balaban J connectivity index is 2.26. The maximum atomic E-state index is 11.1. The largest absolute Gasteiger partial charge is 0.466 e. The van der Waals surface area contributed by atoms with Gasteiger partial charge in [-0.05, 0) is 25.5 Å². The van der Waals surface area contributed by atoms with E-state index in [0.29, 0.717) is 43.3 Å². The van der Waals surface area contributed by atoms with Gasteiger partial charge in [-0.2, -0.15) is 0 Å². The molecule has 17 heavy (non-hydrogen) atoms. The van der Waals surface area contributed by atoms with Crippen molar-refractivity contribution in [1.82, 2.24) is 4.98 Å². The maximum Gasteiger partial charge on any atom is 0.305 e. The monoisotopic (exact) mass is 238 g/mol. The van der Waals surface area contributed by atoms with E-state index in [1.807, 2.05) is 0 Å². The Labute approximate surface area is 100 Å². The lowest BCUT2D eigenvalue weighted by molar-refractivity contribution is -0.143. The number of esters is 1. The van der Waals surface area contributed by atoms with Gasteiger partial charge in [-0.1, -0.05) is 0 Å². The number of hydrogen-bond donors (Lipinski definition) is 3. The van der Waals surface area contributed by atoms with Crippen LogP contribution in [0.4, 0.5) is 17.3 Å². The third kappa shape index (κ3) is 4.58. The number of ether oxygens (including phenoxy) is 1. The number of anilines is 3. The summed E-state index contributed by atoms with van der Waals surface area (Å²) < 4.78 is 4.81. The van der Waals surface area contributed by atoms with E-state index in [0.717, 1.165) is 0 Å². The van der Waals surface area contributed by atoms with Crippen LogP contribution in [0.2, 0.25) is 0 Å². The number of rotatable bonds is 6. The van der Waals surface area contributed by atoms with Crippen LogP contribution in [0, 0.1) is 0 Å². The van der Waals surface area contributed by atoms with E-state index in [1.165, 1.54) is 0 Å². The van der Waals surface area contributed by atoms with Crippen LogP contribution in [0.5, 0.6) is 0 Å². The quantitative estimate of drug-likeness (QED) is 0.504. The fourth-order valence-electron chi connectivity index (χ4n) is 1.27. The van der Waals surface area contributed by atoms with Crippen molar-refractivity contribution in [3.8, 4) is 0 Å². The minimum atomic E-state index is -0.181. The number of nitrogens with one attached hydrogen (secondary N) is 1. The van der Waals surface area contributed by atoms with Crippen molar-refractivity contribution in [3.05, 3.63) is 12.1 Å². The highest BCUT2D eigenvalue weighted by Gasteiger charge is 2.02. The van der Waals surface area contributed by atoms with Crippen molar-refractivity contribution in [2.45, 2.75) is 19.8 Å². The number of aromatic nitrogens is 1. The van der Waals surface area contributed by atoms with Gasteiger partial charge in [0.1, 0.15) is 11.6 Å². The molecule has 0 bridgehead atoms. The molecule has 1 aromatic rings. The summed E-state index contributed by atoms with van der Waals surface area (Å²) >= 11 is 0. The van der Waals surface area contributed by atoms with E-state index < -0.39 is 0 Å². The molecule has 1 heterocycles. The average Bonchev–Trinajstić information content (AvgIpc) is 2.29. The van der Waals surface area contributed by atoms with E-state index in [-0.39, 0.29) is 5.97 Å². The molecular formula is C11H18N4O2. The summed E-state index contributed by atoms with van der Waals surface area (Å²) in [6.07, 6.45) is 1.08. The van der Waals surface area contributed by atoms with Gasteiger partial charge in [0.05, 0.1) is 12.3 Å². The van der Waals surface area contributed by atoms with Gasteiger partial charge < -0.3 is 21.5 Å². The zero-order valence-electron chi connectivity index (χ0n) is 9.90. The van der Waals surface area contributed by atoms with Gasteiger partial charge in [-0.15, -0.1) is 0 Å². The van der Waals surface area contributed by atoms with Crippen molar-refractivity contribution in [2.24, 2.45) is 0 Å². The fraction of sp³-hybridized carbons (Fsp3) is 0.455. The lowest BCUT2D eigenvalue weighted by atomic mass is 10.3. The molecule has 0 aromatic carbocycles. The molecule has 6 nitrogen and oxygen atoms in total. The third-order valence-electron chi connectivity index (χ3n) is 2.13. The van der Waals surface area contributed by atoms with Gasteiger partial charge in [0, 0.05) is 13.0 Å². The van der Waals surface area contributed by atoms with Crippen LogP contribution in [-0.2, 0) is 9.53 Å². The zero-order chi connectivity index (χ0) is 12.7. The normalized spacial score (nSPS) is 9.94. The molecule has 94 valence electrons. The highest BCUT2D eigenvalue weighted by atomic mass is 16.5. The predicted molar refractivity (Wildman–Crippen MR) is 67.4 cm³/mol. The maximum absolute atomic E-state index is 11.1. The Hall–Kier alpha value is -1.98. The number of carbonyl (C=O) groups excluding carboxylic acids is 1. The topological polar surface area (TPSA) is 103 Å². The molecule has 0 unspecified atom stereocenters. The number of nitrogen functional groups attached to an aromatic ring is 2. The number of nitrogens with zero attached hydrogens (tertiary/aromatic N) is 1. The second-order valence-corrected chi connectivity index (χ2v) is 3.51. The lowest BCUT2D eigenvalue weighted by Crippen LogP contribution is -2.09. The first-order valence-corrected chi connectivity index (χ1v) is 5.55. The van der Waals surface area contributed by atoms with Gasteiger partial charge in [0.2, 0.25) is 0 Å². The van der Waals surface area contributed by atoms with Gasteiger partial charge in [0.15, 0.2) is 0 Å². The molecule has 0 fully saturated rings. The number of carbonyl (C=O) groups is 1. The molecule has 0 aliphatic rings. The zero-order valence-corrected chi connectivity index (χ0v) is 9.90. The molecule has 0 aliphatic heterocycles. The second kappa shape index (κ2) is 6.57. The highest BCUT2D eigenvalue weighted by Crippen LogP contribution is 2.14. The van der Waals surface area contributed by atoms with Crippen LogP contribution < -0.4 is 16.8 Å². The molecule has 0 atom stereocenters. The molecule has 0 aliphatic carbocycles. The third-order valence-corrected chi connectivity index (χ3v) is 2.13. The lowest BCUT2D eigenvalue weighted by Gasteiger charge is -2.07. The van der Waals surface area contributed by atoms with E-state index >= 15 is 0 Å². The molecule has 1 rings (SSSR count). The average molecular weight is 238 g/mol. The van der Waals surface area contributed by atoms with Crippen molar-refractivity contribution in [1.29, 1.82) is 0 Å². The standard InChI is InChI=1S/C11H18N4O2/c1-2-17-10(16)4-3-7-14-9-6-5-8(12)11(13)15-9/h5-6H,2-4,7,12H2,1H3,(H3,13,14,15). The Morgan fingerprint density at radius 2 is 2.24 bits per heavy atom. The smallest absolute Gasteiger partial charge is 0.305 e. The minimum absolute atomic E-state index is 0.181. The summed E-state index contributed by atoms with van der Waals surface area (Å²) in [6, 6.07) is 3.44. The van der Waals surface area contributed by atoms with Gasteiger partial charge in [-0.3, -0.25) is 4.79 Å². The molecule has 0 radical (unpaired) electrons. The van der Waals surface area contributed by atoms with Crippen LogP contribution in [0.25, 0.3) is 0 Å². The summed E-state index contributed by atoms with van der Waals surface area (Å²) in [6.45, 7) is 2.84. The molecule has 0 spiro atoms. The van der Waals surface area contributed by atoms with Crippen LogP contribution in [0.3, 0.4) is 0 Å². The van der Waals surface area contributed by atoms with Gasteiger partial charge in [0.25, 0.3) is 0 Å². The Bertz CT molecular complexity index is 382. The number of nitrogens with two attached hydrogens (primary N) is 2.